The maximum absolute atomic E-state index is 4.69. The Hall–Kier alpha value is -2.09. The van der Waals surface area contributed by atoms with Crippen molar-refractivity contribution in [2.24, 2.45) is 0 Å². The van der Waals surface area contributed by atoms with E-state index in [2.05, 4.69) is 75.1 Å². The van der Waals surface area contributed by atoms with Gasteiger partial charge in [-0.1, -0.05) is 58.0 Å². The summed E-state index contributed by atoms with van der Waals surface area (Å²) in [6.45, 7) is 8.87. The number of hydrogen-bond acceptors (Lipinski definition) is 1. The van der Waals surface area contributed by atoms with E-state index in [0.717, 1.165) is 28.8 Å². The van der Waals surface area contributed by atoms with Crippen molar-refractivity contribution in [1.29, 1.82) is 0 Å². The van der Waals surface area contributed by atoms with Crippen molar-refractivity contribution in [2.75, 3.05) is 0 Å². The van der Waals surface area contributed by atoms with Gasteiger partial charge in [-0.25, -0.2) is 4.98 Å². The summed E-state index contributed by atoms with van der Waals surface area (Å²) in [6, 6.07) is 15.1. The number of aromatic amines is 1. The Morgan fingerprint density at radius 3 is 2.33 bits per heavy atom. The molecule has 3 rings (SSSR count). The van der Waals surface area contributed by atoms with E-state index < -0.39 is 0 Å². The van der Waals surface area contributed by atoms with Gasteiger partial charge in [0.15, 0.2) is 0 Å². The third-order valence-electron chi connectivity index (χ3n) is 3.98. The fourth-order valence-electron chi connectivity index (χ4n) is 2.54. The second-order valence-corrected chi connectivity index (χ2v) is 6.62. The highest BCUT2D eigenvalue weighted by atomic mass is 14.9. The van der Waals surface area contributed by atoms with E-state index in [0.29, 0.717) is 0 Å². The minimum Gasteiger partial charge on any atom is -0.338 e. The van der Waals surface area contributed by atoms with Gasteiger partial charge in [-0.2, -0.15) is 0 Å². The molecule has 3 aromatic rings. The predicted molar refractivity (Wildman–Crippen MR) is 89.6 cm³/mol. The molecule has 0 saturated heterocycles. The summed E-state index contributed by atoms with van der Waals surface area (Å²) in [5.41, 5.74) is 6.14. The zero-order chi connectivity index (χ0) is 15.0. The number of hydrogen-bond donors (Lipinski definition) is 1. The molecule has 0 amide bonds. The molecule has 1 aromatic heterocycles. The van der Waals surface area contributed by atoms with Crippen molar-refractivity contribution in [3.8, 4) is 11.4 Å². The zero-order valence-electron chi connectivity index (χ0n) is 13.2. The number of rotatable bonds is 2. The average Bonchev–Trinajstić information content (AvgIpc) is 2.89. The lowest BCUT2D eigenvalue weighted by molar-refractivity contribution is 0.590. The third-order valence-corrected chi connectivity index (χ3v) is 3.98. The second-order valence-electron chi connectivity index (χ2n) is 6.62. The first kappa shape index (κ1) is 13.9. The molecule has 0 aliphatic heterocycles. The van der Waals surface area contributed by atoms with E-state index in [9.17, 15) is 0 Å². The Bertz CT molecular complexity index is 758. The van der Waals surface area contributed by atoms with Crippen molar-refractivity contribution in [3.63, 3.8) is 0 Å². The van der Waals surface area contributed by atoms with Gasteiger partial charge in [0.25, 0.3) is 0 Å². The summed E-state index contributed by atoms with van der Waals surface area (Å²) < 4.78 is 0. The van der Waals surface area contributed by atoms with Crippen molar-refractivity contribution >= 4 is 11.0 Å². The second kappa shape index (κ2) is 5.03. The van der Waals surface area contributed by atoms with Crippen LogP contribution in [0.4, 0.5) is 0 Å². The summed E-state index contributed by atoms with van der Waals surface area (Å²) in [5, 5.41) is 0. The zero-order valence-corrected chi connectivity index (χ0v) is 13.2. The van der Waals surface area contributed by atoms with Crippen LogP contribution < -0.4 is 0 Å². The Kier molecular flexibility index (Phi) is 3.32. The van der Waals surface area contributed by atoms with Crippen molar-refractivity contribution in [2.45, 2.75) is 39.5 Å². The van der Waals surface area contributed by atoms with Gasteiger partial charge >= 0.3 is 0 Å². The highest BCUT2D eigenvalue weighted by Gasteiger charge is 2.13. The standard InChI is InChI=1S/C19H22N2/c1-5-13-6-11-16-17(12-13)21-18(20-16)14-7-9-15(10-8-14)19(2,3)4/h6-12H,5H2,1-4H3,(H,20,21). The van der Waals surface area contributed by atoms with Gasteiger partial charge in [-0.05, 0) is 35.1 Å². The van der Waals surface area contributed by atoms with Gasteiger partial charge in [-0.3, -0.25) is 0 Å². The van der Waals surface area contributed by atoms with Gasteiger partial charge in [-0.15, -0.1) is 0 Å². The van der Waals surface area contributed by atoms with E-state index in [1.807, 2.05) is 0 Å². The normalized spacial score (nSPS) is 12.0. The minimum absolute atomic E-state index is 0.183. The van der Waals surface area contributed by atoms with Crippen LogP contribution in [0.25, 0.3) is 22.4 Å². The molecule has 2 nitrogen and oxygen atoms in total. The molecule has 0 bridgehead atoms. The van der Waals surface area contributed by atoms with E-state index in [4.69, 9.17) is 4.98 Å². The molecule has 0 atom stereocenters. The quantitative estimate of drug-likeness (QED) is 0.695. The highest BCUT2D eigenvalue weighted by Crippen LogP contribution is 2.26. The van der Waals surface area contributed by atoms with Crippen molar-refractivity contribution in [3.05, 3.63) is 53.6 Å². The molecule has 0 aliphatic rings. The summed E-state index contributed by atoms with van der Waals surface area (Å²) in [4.78, 5) is 8.13. The number of H-pyrrole nitrogens is 1. The Balaban J connectivity index is 2.00. The van der Waals surface area contributed by atoms with Gasteiger partial charge in [0.2, 0.25) is 0 Å². The fraction of sp³-hybridized carbons (Fsp3) is 0.316. The molecule has 0 saturated carbocycles. The first-order chi connectivity index (χ1) is 9.97. The van der Waals surface area contributed by atoms with Crippen LogP contribution in [0.15, 0.2) is 42.5 Å². The molecule has 1 heterocycles. The van der Waals surface area contributed by atoms with Crippen LogP contribution in [0, 0.1) is 0 Å². The molecule has 108 valence electrons. The lowest BCUT2D eigenvalue weighted by Gasteiger charge is -2.18. The van der Waals surface area contributed by atoms with Crippen LogP contribution in [0.5, 0.6) is 0 Å². The minimum atomic E-state index is 0.183. The van der Waals surface area contributed by atoms with Crippen LogP contribution in [-0.4, -0.2) is 9.97 Å². The Morgan fingerprint density at radius 2 is 1.71 bits per heavy atom. The topological polar surface area (TPSA) is 28.7 Å². The highest BCUT2D eigenvalue weighted by molar-refractivity contribution is 5.80. The lowest BCUT2D eigenvalue weighted by atomic mass is 9.87. The van der Waals surface area contributed by atoms with Gasteiger partial charge in [0.1, 0.15) is 5.82 Å². The molecule has 0 fully saturated rings. The van der Waals surface area contributed by atoms with Gasteiger partial charge in [0.05, 0.1) is 11.0 Å². The molecule has 0 unspecified atom stereocenters. The Morgan fingerprint density at radius 1 is 1.00 bits per heavy atom. The predicted octanol–water partition coefficient (Wildman–Crippen LogP) is 5.09. The largest absolute Gasteiger partial charge is 0.338 e. The monoisotopic (exact) mass is 278 g/mol. The number of aryl methyl sites for hydroxylation is 1. The van der Waals surface area contributed by atoms with Crippen molar-refractivity contribution < 1.29 is 0 Å². The van der Waals surface area contributed by atoms with Crippen molar-refractivity contribution in [1.82, 2.24) is 9.97 Å². The maximum atomic E-state index is 4.69. The summed E-state index contributed by atoms with van der Waals surface area (Å²) in [6.07, 6.45) is 1.05. The number of aromatic nitrogens is 2. The molecule has 21 heavy (non-hydrogen) atoms. The van der Waals surface area contributed by atoms with Crippen LogP contribution in [0.1, 0.15) is 38.8 Å². The molecule has 1 N–H and O–H groups in total. The Labute approximate surface area is 126 Å². The SMILES string of the molecule is CCc1ccc2nc(-c3ccc(C(C)(C)C)cc3)[nH]c2c1. The summed E-state index contributed by atoms with van der Waals surface area (Å²) in [7, 11) is 0. The number of fused-ring (bicyclic) bond motifs is 1. The van der Waals surface area contributed by atoms with Gasteiger partial charge < -0.3 is 4.98 Å². The molecule has 2 heteroatoms. The number of benzene rings is 2. The molecular weight excluding hydrogens is 256 g/mol. The summed E-state index contributed by atoms with van der Waals surface area (Å²) in [5.74, 6) is 0.943. The smallest absolute Gasteiger partial charge is 0.138 e. The molecule has 0 spiro atoms. The molecule has 0 aliphatic carbocycles. The van der Waals surface area contributed by atoms with Gasteiger partial charge in [0, 0.05) is 5.56 Å². The number of nitrogens with zero attached hydrogens (tertiary/aromatic N) is 1. The molecule has 2 aromatic carbocycles. The molecular formula is C19H22N2. The summed E-state index contributed by atoms with van der Waals surface area (Å²) >= 11 is 0. The van der Waals surface area contributed by atoms with Crippen LogP contribution in [-0.2, 0) is 11.8 Å². The van der Waals surface area contributed by atoms with E-state index in [1.165, 1.54) is 11.1 Å². The molecule has 0 radical (unpaired) electrons. The third kappa shape index (κ3) is 2.71. The first-order valence-corrected chi connectivity index (χ1v) is 7.57. The van der Waals surface area contributed by atoms with E-state index in [-0.39, 0.29) is 5.41 Å². The lowest BCUT2D eigenvalue weighted by Crippen LogP contribution is -2.10. The average molecular weight is 278 g/mol. The number of imidazole rings is 1. The first-order valence-electron chi connectivity index (χ1n) is 7.57. The fourth-order valence-corrected chi connectivity index (χ4v) is 2.54. The van der Waals surface area contributed by atoms with E-state index in [1.54, 1.807) is 0 Å². The van der Waals surface area contributed by atoms with Crippen LogP contribution in [0.3, 0.4) is 0 Å². The van der Waals surface area contributed by atoms with E-state index >= 15 is 0 Å². The maximum Gasteiger partial charge on any atom is 0.138 e. The van der Waals surface area contributed by atoms with Crippen LogP contribution >= 0.6 is 0 Å². The number of nitrogens with one attached hydrogen (secondary N) is 1. The van der Waals surface area contributed by atoms with Crippen LogP contribution in [0.2, 0.25) is 0 Å².